The van der Waals surface area contributed by atoms with Crippen molar-refractivity contribution in [2.45, 2.75) is 38.8 Å². The van der Waals surface area contributed by atoms with Crippen LogP contribution in [0.5, 0.6) is 5.75 Å². The maximum absolute atomic E-state index is 5.71. The summed E-state index contributed by atoms with van der Waals surface area (Å²) in [6.45, 7) is 6.22. The molecule has 1 fully saturated rings. The van der Waals surface area contributed by atoms with Gasteiger partial charge < -0.3 is 14.8 Å². The Hall–Kier alpha value is -1.06. The Morgan fingerprint density at radius 2 is 2.11 bits per heavy atom. The number of hydrogen-bond acceptors (Lipinski definition) is 3. The molecule has 0 saturated carbocycles. The van der Waals surface area contributed by atoms with Gasteiger partial charge in [-0.25, -0.2) is 0 Å². The fourth-order valence-electron chi connectivity index (χ4n) is 2.81. The van der Waals surface area contributed by atoms with Gasteiger partial charge in [0.15, 0.2) is 0 Å². The van der Waals surface area contributed by atoms with E-state index >= 15 is 0 Å². The maximum atomic E-state index is 5.71. The molecule has 3 atom stereocenters. The van der Waals surface area contributed by atoms with Gasteiger partial charge in [-0.1, -0.05) is 19.1 Å². The van der Waals surface area contributed by atoms with Gasteiger partial charge in [0.25, 0.3) is 0 Å². The molecule has 1 aliphatic rings. The van der Waals surface area contributed by atoms with E-state index in [-0.39, 0.29) is 0 Å². The first kappa shape index (κ1) is 14.4. The second kappa shape index (κ2) is 6.92. The minimum atomic E-state index is 0.405. The molecule has 0 amide bonds. The average Bonchev–Trinajstić information content (AvgIpc) is 2.86. The minimum Gasteiger partial charge on any atom is -0.497 e. The van der Waals surface area contributed by atoms with Crippen molar-refractivity contribution >= 4 is 0 Å². The first-order valence-electron chi connectivity index (χ1n) is 7.20. The Kier molecular flexibility index (Phi) is 5.23. The van der Waals surface area contributed by atoms with Crippen LogP contribution in [0.1, 0.15) is 25.8 Å². The van der Waals surface area contributed by atoms with Crippen LogP contribution in [0.25, 0.3) is 0 Å². The smallest absolute Gasteiger partial charge is 0.118 e. The zero-order valence-corrected chi connectivity index (χ0v) is 12.2. The van der Waals surface area contributed by atoms with Crippen LogP contribution in [0.3, 0.4) is 0 Å². The van der Waals surface area contributed by atoms with Crippen molar-refractivity contribution in [3.63, 3.8) is 0 Å². The fraction of sp³-hybridized carbons (Fsp3) is 0.625. The Morgan fingerprint density at radius 1 is 1.37 bits per heavy atom. The molecule has 0 aromatic heterocycles. The number of methoxy groups -OCH3 is 1. The molecule has 1 aliphatic heterocycles. The number of ether oxygens (including phenoxy) is 2. The molecule has 1 aromatic rings. The fourth-order valence-corrected chi connectivity index (χ4v) is 2.81. The first-order chi connectivity index (χ1) is 9.22. The van der Waals surface area contributed by atoms with Gasteiger partial charge in [0.1, 0.15) is 5.75 Å². The highest BCUT2D eigenvalue weighted by atomic mass is 16.5. The Morgan fingerprint density at radius 3 is 2.63 bits per heavy atom. The third kappa shape index (κ3) is 3.95. The summed E-state index contributed by atoms with van der Waals surface area (Å²) in [6, 6.07) is 8.88. The van der Waals surface area contributed by atoms with E-state index in [0.29, 0.717) is 18.1 Å². The topological polar surface area (TPSA) is 30.5 Å². The monoisotopic (exact) mass is 263 g/mol. The van der Waals surface area contributed by atoms with Crippen LogP contribution >= 0.6 is 0 Å². The standard InChI is InChI=1S/C16H25NO2/c1-4-17-16(14-9-12(2)19-11-14)10-13-5-7-15(18-3)8-6-13/h5-8,12,14,16-17H,4,9-11H2,1-3H3. The van der Waals surface area contributed by atoms with Crippen molar-refractivity contribution in [1.82, 2.24) is 5.32 Å². The van der Waals surface area contributed by atoms with Gasteiger partial charge in [-0.15, -0.1) is 0 Å². The summed E-state index contributed by atoms with van der Waals surface area (Å²) in [5.41, 5.74) is 1.35. The van der Waals surface area contributed by atoms with Crippen LogP contribution < -0.4 is 10.1 Å². The SMILES string of the molecule is CCNC(Cc1ccc(OC)cc1)C1COC(C)C1. The molecule has 1 aromatic carbocycles. The lowest BCUT2D eigenvalue weighted by Crippen LogP contribution is -2.38. The Balaban J connectivity index is 1.98. The molecule has 1 N–H and O–H groups in total. The highest BCUT2D eigenvalue weighted by molar-refractivity contribution is 5.27. The van der Waals surface area contributed by atoms with Crippen LogP contribution in [0.4, 0.5) is 0 Å². The van der Waals surface area contributed by atoms with Crippen LogP contribution in [0.2, 0.25) is 0 Å². The van der Waals surface area contributed by atoms with E-state index < -0.39 is 0 Å². The number of likely N-dealkylation sites (N-methyl/N-ethyl adjacent to an activating group) is 1. The van der Waals surface area contributed by atoms with E-state index in [4.69, 9.17) is 9.47 Å². The minimum absolute atomic E-state index is 0.405. The Labute approximate surface area is 116 Å². The molecule has 1 saturated heterocycles. The zero-order chi connectivity index (χ0) is 13.7. The number of nitrogens with one attached hydrogen (secondary N) is 1. The van der Waals surface area contributed by atoms with Crippen LogP contribution in [-0.2, 0) is 11.2 Å². The molecule has 19 heavy (non-hydrogen) atoms. The predicted octanol–water partition coefficient (Wildman–Crippen LogP) is 2.64. The molecule has 0 radical (unpaired) electrons. The van der Waals surface area contributed by atoms with Crippen LogP contribution in [-0.4, -0.2) is 32.4 Å². The Bertz CT molecular complexity index is 377. The van der Waals surface area contributed by atoms with Gasteiger partial charge in [0.2, 0.25) is 0 Å². The highest BCUT2D eigenvalue weighted by Crippen LogP contribution is 2.25. The lowest BCUT2D eigenvalue weighted by atomic mass is 9.91. The van der Waals surface area contributed by atoms with Gasteiger partial charge in [-0.2, -0.15) is 0 Å². The van der Waals surface area contributed by atoms with Crippen molar-refractivity contribution in [3.8, 4) is 5.75 Å². The molecule has 0 bridgehead atoms. The van der Waals surface area contributed by atoms with Gasteiger partial charge in [0.05, 0.1) is 19.8 Å². The summed E-state index contributed by atoms with van der Waals surface area (Å²) < 4.78 is 10.9. The second-order valence-electron chi connectivity index (χ2n) is 5.36. The maximum Gasteiger partial charge on any atom is 0.118 e. The number of benzene rings is 1. The molecule has 2 rings (SSSR count). The van der Waals surface area contributed by atoms with E-state index in [9.17, 15) is 0 Å². The largest absolute Gasteiger partial charge is 0.497 e. The van der Waals surface area contributed by atoms with E-state index in [1.165, 1.54) is 5.56 Å². The molecular formula is C16H25NO2. The number of rotatable bonds is 6. The van der Waals surface area contributed by atoms with E-state index in [1.54, 1.807) is 7.11 Å². The molecule has 106 valence electrons. The van der Waals surface area contributed by atoms with E-state index in [2.05, 4.69) is 31.3 Å². The van der Waals surface area contributed by atoms with E-state index in [0.717, 1.165) is 31.7 Å². The average molecular weight is 263 g/mol. The molecule has 1 heterocycles. The zero-order valence-electron chi connectivity index (χ0n) is 12.2. The summed E-state index contributed by atoms with van der Waals surface area (Å²) in [5.74, 6) is 1.54. The van der Waals surface area contributed by atoms with Gasteiger partial charge in [-0.05, 0) is 44.0 Å². The van der Waals surface area contributed by atoms with Crippen LogP contribution in [0, 0.1) is 5.92 Å². The van der Waals surface area contributed by atoms with Gasteiger partial charge >= 0.3 is 0 Å². The summed E-state index contributed by atoms with van der Waals surface area (Å²) in [4.78, 5) is 0. The van der Waals surface area contributed by atoms with Crippen molar-refractivity contribution < 1.29 is 9.47 Å². The third-order valence-electron chi connectivity index (χ3n) is 3.88. The lowest BCUT2D eigenvalue weighted by molar-refractivity contribution is 0.117. The summed E-state index contributed by atoms with van der Waals surface area (Å²) in [7, 11) is 1.70. The van der Waals surface area contributed by atoms with E-state index in [1.807, 2.05) is 12.1 Å². The second-order valence-corrected chi connectivity index (χ2v) is 5.36. The molecule has 3 nitrogen and oxygen atoms in total. The quantitative estimate of drug-likeness (QED) is 0.856. The molecule has 0 spiro atoms. The highest BCUT2D eigenvalue weighted by Gasteiger charge is 2.29. The lowest BCUT2D eigenvalue weighted by Gasteiger charge is -2.23. The van der Waals surface area contributed by atoms with Crippen molar-refractivity contribution in [2.24, 2.45) is 5.92 Å². The molecular weight excluding hydrogens is 238 g/mol. The first-order valence-corrected chi connectivity index (χ1v) is 7.20. The normalized spacial score (nSPS) is 24.4. The van der Waals surface area contributed by atoms with Crippen molar-refractivity contribution in [3.05, 3.63) is 29.8 Å². The van der Waals surface area contributed by atoms with Crippen molar-refractivity contribution in [2.75, 3.05) is 20.3 Å². The summed E-state index contributed by atoms with van der Waals surface area (Å²) in [5, 5.41) is 3.61. The summed E-state index contributed by atoms with van der Waals surface area (Å²) in [6.07, 6.45) is 2.62. The van der Waals surface area contributed by atoms with Crippen molar-refractivity contribution in [1.29, 1.82) is 0 Å². The predicted molar refractivity (Wildman–Crippen MR) is 77.7 cm³/mol. The molecule has 3 unspecified atom stereocenters. The summed E-state index contributed by atoms with van der Waals surface area (Å²) >= 11 is 0. The third-order valence-corrected chi connectivity index (χ3v) is 3.88. The van der Waals surface area contributed by atoms with Crippen LogP contribution in [0.15, 0.2) is 24.3 Å². The number of hydrogen-bond donors (Lipinski definition) is 1. The van der Waals surface area contributed by atoms with Gasteiger partial charge in [-0.3, -0.25) is 0 Å². The van der Waals surface area contributed by atoms with Gasteiger partial charge in [0, 0.05) is 12.0 Å². The molecule has 3 heteroatoms. The molecule has 0 aliphatic carbocycles.